The van der Waals surface area contributed by atoms with Crippen LogP contribution >= 0.6 is 11.3 Å². The number of benzene rings is 8. The molecule has 0 saturated carbocycles. The molecule has 0 spiro atoms. The van der Waals surface area contributed by atoms with Gasteiger partial charge in [0, 0.05) is 41.9 Å². The summed E-state index contributed by atoms with van der Waals surface area (Å²) in [6, 6.07) is 59.6. The second kappa shape index (κ2) is 10.3. The fraction of sp³-hybridized carbons (Fsp3) is 0. The number of nitrogens with zero attached hydrogens (tertiary/aromatic N) is 1. The Balaban J connectivity index is 1.16. The molecular formula is C45H27NS. The Morgan fingerprint density at radius 1 is 0.362 bits per heavy atom. The van der Waals surface area contributed by atoms with Gasteiger partial charge in [0.1, 0.15) is 0 Å². The Kier molecular flexibility index (Phi) is 5.81. The molecule has 47 heavy (non-hydrogen) atoms. The van der Waals surface area contributed by atoms with Crippen molar-refractivity contribution in [1.29, 1.82) is 0 Å². The molecule has 0 atom stereocenters. The molecule has 8 aromatic carbocycles. The van der Waals surface area contributed by atoms with E-state index in [0.717, 1.165) is 16.8 Å². The van der Waals surface area contributed by atoms with Crippen molar-refractivity contribution in [3.05, 3.63) is 164 Å². The lowest BCUT2D eigenvalue weighted by atomic mass is 9.92. The van der Waals surface area contributed by atoms with E-state index in [1.165, 1.54) is 80.1 Å². The van der Waals surface area contributed by atoms with Crippen LogP contribution in [0.1, 0.15) is 0 Å². The molecule has 10 aromatic rings. The van der Waals surface area contributed by atoms with Crippen LogP contribution in [0.15, 0.2) is 164 Å². The summed E-state index contributed by atoms with van der Waals surface area (Å²) in [4.78, 5) is 5.18. The maximum Gasteiger partial charge on any atom is 0.0788 e. The number of hydrogen-bond acceptors (Lipinski definition) is 2. The Morgan fingerprint density at radius 3 is 1.87 bits per heavy atom. The number of hydrogen-bond donors (Lipinski definition) is 0. The number of pyridine rings is 1. The normalized spacial score (nSPS) is 11.8. The van der Waals surface area contributed by atoms with Crippen LogP contribution in [-0.2, 0) is 0 Å². The Labute approximate surface area is 276 Å². The first-order valence-electron chi connectivity index (χ1n) is 16.0. The Hall–Kier alpha value is -5.83. The summed E-state index contributed by atoms with van der Waals surface area (Å²) in [6.45, 7) is 0. The molecule has 0 saturated heterocycles. The highest BCUT2D eigenvalue weighted by Crippen LogP contribution is 2.44. The number of aromatic nitrogens is 1. The molecule has 1 nitrogen and oxygen atoms in total. The average molecular weight is 614 g/mol. The molecule has 0 aliphatic carbocycles. The lowest BCUT2D eigenvalue weighted by molar-refractivity contribution is 1.43. The molecule has 0 amide bonds. The van der Waals surface area contributed by atoms with E-state index in [1.54, 1.807) is 0 Å². The minimum Gasteiger partial charge on any atom is -0.247 e. The monoisotopic (exact) mass is 613 g/mol. The Morgan fingerprint density at radius 2 is 1.02 bits per heavy atom. The van der Waals surface area contributed by atoms with Crippen LogP contribution in [-0.4, -0.2) is 4.98 Å². The largest absolute Gasteiger partial charge is 0.247 e. The van der Waals surface area contributed by atoms with Crippen LogP contribution in [0, 0.1) is 0 Å². The fourth-order valence-corrected chi connectivity index (χ4v) is 8.53. The van der Waals surface area contributed by atoms with Crippen molar-refractivity contribution in [2.24, 2.45) is 0 Å². The number of thiophene rings is 1. The van der Waals surface area contributed by atoms with Crippen molar-refractivity contribution in [3.8, 4) is 33.5 Å². The van der Waals surface area contributed by atoms with Gasteiger partial charge in [-0.15, -0.1) is 11.3 Å². The van der Waals surface area contributed by atoms with E-state index >= 15 is 0 Å². The lowest BCUT2D eigenvalue weighted by Gasteiger charge is -2.12. The van der Waals surface area contributed by atoms with Gasteiger partial charge >= 0.3 is 0 Å². The lowest BCUT2D eigenvalue weighted by Crippen LogP contribution is -1.90. The third-order valence-electron chi connectivity index (χ3n) is 9.64. The number of fused-ring (bicyclic) bond motifs is 10. The van der Waals surface area contributed by atoms with Crippen molar-refractivity contribution >= 4 is 74.7 Å². The maximum atomic E-state index is 5.18. The van der Waals surface area contributed by atoms with E-state index in [1.807, 2.05) is 11.3 Å². The molecule has 0 radical (unpaired) electrons. The minimum atomic E-state index is 1.03. The summed E-state index contributed by atoms with van der Waals surface area (Å²) >= 11 is 1.87. The summed E-state index contributed by atoms with van der Waals surface area (Å²) in [5.74, 6) is 0. The van der Waals surface area contributed by atoms with Crippen molar-refractivity contribution < 1.29 is 0 Å². The van der Waals surface area contributed by atoms with Crippen molar-refractivity contribution in [2.45, 2.75) is 0 Å². The summed E-state index contributed by atoms with van der Waals surface area (Å²) in [5, 5.41) is 11.4. The first-order valence-corrected chi connectivity index (χ1v) is 16.9. The molecule has 0 unspecified atom stereocenters. The van der Waals surface area contributed by atoms with Crippen LogP contribution in [0.25, 0.3) is 96.9 Å². The highest BCUT2D eigenvalue weighted by atomic mass is 32.1. The molecular weight excluding hydrogens is 587 g/mol. The molecule has 0 aliphatic rings. The number of rotatable bonds is 3. The highest BCUT2D eigenvalue weighted by Gasteiger charge is 2.17. The van der Waals surface area contributed by atoms with Crippen LogP contribution < -0.4 is 0 Å². The Bertz CT molecular complexity index is 2830. The van der Waals surface area contributed by atoms with E-state index in [-0.39, 0.29) is 0 Å². The third kappa shape index (κ3) is 4.12. The van der Waals surface area contributed by atoms with E-state index in [2.05, 4.69) is 164 Å². The third-order valence-corrected chi connectivity index (χ3v) is 10.8. The van der Waals surface area contributed by atoms with E-state index in [4.69, 9.17) is 4.98 Å². The zero-order chi connectivity index (χ0) is 30.9. The number of para-hydroxylation sites is 1. The zero-order valence-electron chi connectivity index (χ0n) is 25.4. The van der Waals surface area contributed by atoms with E-state index < -0.39 is 0 Å². The van der Waals surface area contributed by atoms with Crippen molar-refractivity contribution in [1.82, 2.24) is 4.98 Å². The fourth-order valence-electron chi connectivity index (χ4n) is 7.44. The van der Waals surface area contributed by atoms with Crippen LogP contribution in [0.5, 0.6) is 0 Å². The van der Waals surface area contributed by atoms with Crippen molar-refractivity contribution in [3.63, 3.8) is 0 Å². The summed E-state index contributed by atoms with van der Waals surface area (Å²) in [6.07, 6.45) is 0. The molecule has 0 bridgehead atoms. The average Bonchev–Trinajstić information content (AvgIpc) is 3.53. The summed E-state index contributed by atoms with van der Waals surface area (Å²) < 4.78 is 2.61. The second-order valence-electron chi connectivity index (χ2n) is 12.3. The van der Waals surface area contributed by atoms with Gasteiger partial charge in [0.05, 0.1) is 11.2 Å². The van der Waals surface area contributed by atoms with Crippen LogP contribution in [0.4, 0.5) is 0 Å². The molecule has 2 heteroatoms. The van der Waals surface area contributed by atoms with E-state index in [0.29, 0.717) is 0 Å². The molecule has 0 fully saturated rings. The maximum absolute atomic E-state index is 5.18. The van der Waals surface area contributed by atoms with Gasteiger partial charge in [-0.1, -0.05) is 133 Å². The van der Waals surface area contributed by atoms with Gasteiger partial charge in [-0.3, -0.25) is 0 Å². The first-order chi connectivity index (χ1) is 23.3. The van der Waals surface area contributed by atoms with Gasteiger partial charge in [0.25, 0.3) is 0 Å². The molecule has 0 aliphatic heterocycles. The minimum absolute atomic E-state index is 1.03. The van der Waals surface area contributed by atoms with Gasteiger partial charge in [-0.2, -0.15) is 0 Å². The first kappa shape index (κ1) is 26.4. The predicted octanol–water partition coefficient (Wildman–Crippen LogP) is 13.1. The zero-order valence-corrected chi connectivity index (χ0v) is 26.3. The van der Waals surface area contributed by atoms with Gasteiger partial charge in [-0.25, -0.2) is 4.98 Å². The second-order valence-corrected chi connectivity index (χ2v) is 13.4. The van der Waals surface area contributed by atoms with Crippen LogP contribution in [0.3, 0.4) is 0 Å². The van der Waals surface area contributed by atoms with Gasteiger partial charge in [0.15, 0.2) is 0 Å². The predicted molar refractivity (Wildman–Crippen MR) is 203 cm³/mol. The molecule has 2 aromatic heterocycles. The molecule has 2 heterocycles. The molecule has 218 valence electrons. The van der Waals surface area contributed by atoms with E-state index in [9.17, 15) is 0 Å². The van der Waals surface area contributed by atoms with Gasteiger partial charge in [0.2, 0.25) is 0 Å². The summed E-state index contributed by atoms with van der Waals surface area (Å²) in [7, 11) is 0. The topological polar surface area (TPSA) is 12.9 Å². The standard InChI is InChI=1S/C45H27NS/c1-2-10-30(11-3-1)45-37-23-25-42-44(43(37)36-16-8-9-17-40(36)46-45)39-26-31(22-24-41(39)47-42)28-18-20-29(21-19-28)38-27-32-12-4-5-13-33(32)34-14-6-7-15-35(34)38/h1-27H. The van der Waals surface area contributed by atoms with Gasteiger partial charge < -0.3 is 0 Å². The van der Waals surface area contributed by atoms with Crippen LogP contribution in [0.2, 0.25) is 0 Å². The SMILES string of the molecule is c1ccc(-c2nc3ccccc3c3c2ccc2sc4ccc(-c5ccc(-c6cc7ccccc7c7ccccc67)cc5)cc4c23)cc1. The summed E-state index contributed by atoms with van der Waals surface area (Å²) in [5.41, 5.74) is 8.15. The molecule has 10 rings (SSSR count). The highest BCUT2D eigenvalue weighted by molar-refractivity contribution is 7.26. The molecule has 0 N–H and O–H groups in total. The van der Waals surface area contributed by atoms with Crippen molar-refractivity contribution in [2.75, 3.05) is 0 Å². The quantitative estimate of drug-likeness (QED) is 0.181. The smallest absolute Gasteiger partial charge is 0.0788 e. The van der Waals surface area contributed by atoms with Gasteiger partial charge in [-0.05, 0) is 74.1 Å².